The summed E-state index contributed by atoms with van der Waals surface area (Å²) in [6.07, 6.45) is 8.10. The molecule has 0 N–H and O–H groups in total. The molecular weight excluding hydrogens is 128 g/mol. The van der Waals surface area contributed by atoms with Gasteiger partial charge in [-0.15, -0.1) is 0 Å². The minimum Gasteiger partial charge on any atom is -0.473 e. The molecule has 0 amide bonds. The summed E-state index contributed by atoms with van der Waals surface area (Å²) in [5, 5.41) is 0. The molecule has 10 heavy (non-hydrogen) atoms. The van der Waals surface area contributed by atoms with Gasteiger partial charge in [-0.3, -0.25) is 4.79 Å². The molecule has 0 aliphatic carbocycles. The molecule has 0 spiro atoms. The van der Waals surface area contributed by atoms with Crippen LogP contribution >= 0.6 is 0 Å². The number of hydrogen-bond donors (Lipinski definition) is 0. The van der Waals surface area contributed by atoms with Crippen LogP contribution in [0.4, 0.5) is 0 Å². The van der Waals surface area contributed by atoms with Gasteiger partial charge in [0.05, 0.1) is 12.5 Å². The molecule has 0 saturated heterocycles. The summed E-state index contributed by atoms with van der Waals surface area (Å²) in [5.41, 5.74) is 0.874. The second-order valence-corrected chi connectivity index (χ2v) is 2.00. The van der Waals surface area contributed by atoms with Crippen LogP contribution in [0.2, 0.25) is 0 Å². The van der Waals surface area contributed by atoms with Gasteiger partial charge < -0.3 is 4.74 Å². The van der Waals surface area contributed by atoms with Crippen LogP contribution in [0, 0.1) is 0 Å². The third-order valence-electron chi connectivity index (χ3n) is 1.05. The van der Waals surface area contributed by atoms with E-state index in [-0.39, 0.29) is 5.78 Å². The smallest absolute Gasteiger partial charge is 0.153 e. The summed E-state index contributed by atoms with van der Waals surface area (Å²) in [6, 6.07) is 0. The molecule has 52 valence electrons. The lowest BCUT2D eigenvalue weighted by Gasteiger charge is -1.98. The normalized spacial score (nSPS) is 14.7. The first-order valence-electron chi connectivity index (χ1n) is 3.00. The standard InChI is InChI=1S/C8H8O2/c1-7(9)6-8-2-4-10-5-3-8/h2-6H,1H3. The Bertz CT molecular complexity index is 207. The Balaban J connectivity index is 2.71. The Morgan fingerprint density at radius 3 is 2.60 bits per heavy atom. The van der Waals surface area contributed by atoms with Crippen LogP contribution in [0.5, 0.6) is 0 Å². The second kappa shape index (κ2) is 3.01. The Morgan fingerprint density at radius 2 is 2.10 bits per heavy atom. The predicted octanol–water partition coefficient (Wildman–Crippen LogP) is 1.56. The van der Waals surface area contributed by atoms with Crippen molar-refractivity contribution in [1.82, 2.24) is 0 Å². The van der Waals surface area contributed by atoms with Gasteiger partial charge in [0.2, 0.25) is 0 Å². The first-order chi connectivity index (χ1) is 4.79. The molecule has 0 aromatic carbocycles. The van der Waals surface area contributed by atoms with Gasteiger partial charge in [-0.2, -0.15) is 0 Å². The zero-order valence-corrected chi connectivity index (χ0v) is 5.70. The second-order valence-electron chi connectivity index (χ2n) is 2.00. The molecule has 1 rings (SSSR count). The van der Waals surface area contributed by atoms with E-state index in [1.165, 1.54) is 19.4 Å². The molecule has 1 aliphatic heterocycles. The van der Waals surface area contributed by atoms with Crippen LogP contribution in [0.25, 0.3) is 0 Å². The van der Waals surface area contributed by atoms with E-state index in [0.29, 0.717) is 0 Å². The van der Waals surface area contributed by atoms with E-state index in [0.717, 1.165) is 5.57 Å². The summed E-state index contributed by atoms with van der Waals surface area (Å²) in [5.74, 6) is 0.0474. The van der Waals surface area contributed by atoms with Gasteiger partial charge in [-0.25, -0.2) is 0 Å². The maximum Gasteiger partial charge on any atom is 0.153 e. The van der Waals surface area contributed by atoms with Crippen molar-refractivity contribution in [3.8, 4) is 0 Å². The van der Waals surface area contributed by atoms with Crippen molar-refractivity contribution in [3.63, 3.8) is 0 Å². The SMILES string of the molecule is CC(=O)C=C1C=COC=C1. The molecule has 2 nitrogen and oxygen atoms in total. The minimum absolute atomic E-state index is 0.0474. The van der Waals surface area contributed by atoms with E-state index in [9.17, 15) is 4.79 Å². The largest absolute Gasteiger partial charge is 0.473 e. The molecule has 0 aromatic heterocycles. The van der Waals surface area contributed by atoms with Crippen molar-refractivity contribution < 1.29 is 9.53 Å². The fourth-order valence-electron chi connectivity index (χ4n) is 0.668. The first-order valence-corrected chi connectivity index (χ1v) is 3.00. The Hall–Kier alpha value is -1.31. The quantitative estimate of drug-likeness (QED) is 0.511. The van der Waals surface area contributed by atoms with Crippen LogP contribution in [-0.2, 0) is 9.53 Å². The van der Waals surface area contributed by atoms with Gasteiger partial charge in [-0.05, 0) is 30.7 Å². The highest BCUT2D eigenvalue weighted by Crippen LogP contribution is 2.04. The van der Waals surface area contributed by atoms with Crippen molar-refractivity contribution >= 4 is 5.78 Å². The van der Waals surface area contributed by atoms with Gasteiger partial charge in [0, 0.05) is 0 Å². The highest BCUT2D eigenvalue weighted by molar-refractivity contribution is 5.88. The summed E-state index contributed by atoms with van der Waals surface area (Å²) in [7, 11) is 0. The zero-order chi connectivity index (χ0) is 7.40. The Labute approximate surface area is 59.5 Å². The summed E-state index contributed by atoms with van der Waals surface area (Å²) < 4.78 is 4.77. The van der Waals surface area contributed by atoms with Crippen LogP contribution in [0.1, 0.15) is 6.92 Å². The van der Waals surface area contributed by atoms with Crippen LogP contribution < -0.4 is 0 Å². The molecule has 1 aliphatic rings. The van der Waals surface area contributed by atoms with Crippen molar-refractivity contribution in [3.05, 3.63) is 36.3 Å². The van der Waals surface area contributed by atoms with Crippen molar-refractivity contribution in [2.24, 2.45) is 0 Å². The molecule has 0 radical (unpaired) electrons. The van der Waals surface area contributed by atoms with Crippen molar-refractivity contribution in [2.45, 2.75) is 6.92 Å². The lowest BCUT2D eigenvalue weighted by molar-refractivity contribution is -0.112. The maximum absolute atomic E-state index is 10.5. The van der Waals surface area contributed by atoms with Crippen molar-refractivity contribution in [2.75, 3.05) is 0 Å². The number of allylic oxidation sites excluding steroid dienone is 4. The summed E-state index contributed by atoms with van der Waals surface area (Å²) >= 11 is 0. The summed E-state index contributed by atoms with van der Waals surface area (Å²) in [4.78, 5) is 10.5. The molecule has 0 saturated carbocycles. The monoisotopic (exact) mass is 136 g/mol. The lowest BCUT2D eigenvalue weighted by Crippen LogP contribution is -1.86. The zero-order valence-electron chi connectivity index (χ0n) is 5.70. The van der Waals surface area contributed by atoms with E-state index < -0.39 is 0 Å². The fourth-order valence-corrected chi connectivity index (χ4v) is 0.668. The molecule has 0 fully saturated rings. The Morgan fingerprint density at radius 1 is 1.50 bits per heavy atom. The highest BCUT2D eigenvalue weighted by Gasteiger charge is 1.92. The number of hydrogen-bond acceptors (Lipinski definition) is 2. The van der Waals surface area contributed by atoms with Gasteiger partial charge in [0.25, 0.3) is 0 Å². The third kappa shape index (κ3) is 1.90. The number of carbonyl (C=O) groups excluding carboxylic acids is 1. The number of carbonyl (C=O) groups is 1. The van der Waals surface area contributed by atoms with Crippen LogP contribution in [0.3, 0.4) is 0 Å². The van der Waals surface area contributed by atoms with E-state index in [1.54, 1.807) is 18.2 Å². The van der Waals surface area contributed by atoms with Gasteiger partial charge in [0.15, 0.2) is 5.78 Å². The van der Waals surface area contributed by atoms with Gasteiger partial charge in [-0.1, -0.05) is 0 Å². The van der Waals surface area contributed by atoms with Crippen LogP contribution in [-0.4, -0.2) is 5.78 Å². The molecule has 0 unspecified atom stereocenters. The minimum atomic E-state index is 0.0474. The molecule has 1 heterocycles. The third-order valence-corrected chi connectivity index (χ3v) is 1.05. The van der Waals surface area contributed by atoms with E-state index in [4.69, 9.17) is 4.74 Å². The topological polar surface area (TPSA) is 26.3 Å². The van der Waals surface area contributed by atoms with E-state index >= 15 is 0 Å². The summed E-state index contributed by atoms with van der Waals surface area (Å²) in [6.45, 7) is 1.52. The average Bonchev–Trinajstić information content (AvgIpc) is 1.88. The van der Waals surface area contributed by atoms with Crippen molar-refractivity contribution in [1.29, 1.82) is 0 Å². The fraction of sp³-hybridized carbons (Fsp3) is 0.125. The highest BCUT2D eigenvalue weighted by atomic mass is 16.5. The maximum atomic E-state index is 10.5. The average molecular weight is 136 g/mol. The molecule has 2 heteroatoms. The lowest BCUT2D eigenvalue weighted by atomic mass is 10.2. The number of rotatable bonds is 1. The first kappa shape index (κ1) is 6.81. The van der Waals surface area contributed by atoms with Crippen LogP contribution in [0.15, 0.2) is 36.3 Å². The molecular formula is C8H8O2. The Kier molecular flexibility index (Phi) is 2.05. The number of ketones is 1. The van der Waals surface area contributed by atoms with Gasteiger partial charge >= 0.3 is 0 Å². The molecule has 0 atom stereocenters. The van der Waals surface area contributed by atoms with Gasteiger partial charge in [0.1, 0.15) is 0 Å². The molecule has 0 bridgehead atoms. The van der Waals surface area contributed by atoms with E-state index in [1.807, 2.05) is 0 Å². The van der Waals surface area contributed by atoms with E-state index in [2.05, 4.69) is 0 Å². The number of ether oxygens (including phenoxy) is 1. The molecule has 0 aromatic rings. The predicted molar refractivity (Wildman–Crippen MR) is 38.1 cm³/mol.